The molecule has 0 saturated carbocycles. The predicted octanol–water partition coefficient (Wildman–Crippen LogP) is 14.6. The molecular formula is C56H42N4. The second kappa shape index (κ2) is 14.1. The Hall–Kier alpha value is -7.56. The summed E-state index contributed by atoms with van der Waals surface area (Å²) in [5, 5.41) is 5.02. The van der Waals surface area contributed by atoms with Gasteiger partial charge in [0, 0.05) is 49.6 Å². The minimum atomic E-state index is 0.724. The molecule has 11 aromatic rings. The molecule has 3 heterocycles. The SMILES string of the molecule is Cc1ccc(-c2cc(-c3ccc(-c4cc(C)c(-n5c6ccccc6c6cc(-n7c8ccccc8c8ccccc87)ccc65)cc4C)cc3)nc(-c3ccc(C)cc3)n2)cc1. The van der Waals surface area contributed by atoms with Crippen molar-refractivity contribution in [3.8, 4) is 56.4 Å². The van der Waals surface area contributed by atoms with Gasteiger partial charge in [-0.25, -0.2) is 9.97 Å². The summed E-state index contributed by atoms with van der Waals surface area (Å²) in [6.45, 7) is 8.68. The third kappa shape index (κ3) is 5.91. The van der Waals surface area contributed by atoms with Crippen molar-refractivity contribution in [2.24, 2.45) is 0 Å². The number of aromatic nitrogens is 4. The topological polar surface area (TPSA) is 35.6 Å². The number of fused-ring (bicyclic) bond motifs is 6. The van der Waals surface area contributed by atoms with Crippen molar-refractivity contribution in [2.45, 2.75) is 27.7 Å². The molecule has 0 unspecified atom stereocenters. The van der Waals surface area contributed by atoms with Crippen molar-refractivity contribution < 1.29 is 0 Å². The van der Waals surface area contributed by atoms with Gasteiger partial charge in [0.15, 0.2) is 5.82 Å². The summed E-state index contributed by atoms with van der Waals surface area (Å²) in [5.41, 5.74) is 19.4. The van der Waals surface area contributed by atoms with Crippen LogP contribution < -0.4 is 0 Å². The van der Waals surface area contributed by atoms with Crippen LogP contribution in [0.2, 0.25) is 0 Å². The molecule has 286 valence electrons. The fourth-order valence-electron chi connectivity index (χ4n) is 9.03. The van der Waals surface area contributed by atoms with Crippen molar-refractivity contribution in [2.75, 3.05) is 0 Å². The first kappa shape index (κ1) is 35.6. The van der Waals surface area contributed by atoms with E-state index in [0.29, 0.717) is 0 Å². The van der Waals surface area contributed by atoms with E-state index in [0.717, 1.165) is 39.6 Å². The van der Waals surface area contributed by atoms with Gasteiger partial charge in [0.05, 0.1) is 33.5 Å². The van der Waals surface area contributed by atoms with Crippen molar-refractivity contribution in [1.82, 2.24) is 19.1 Å². The molecule has 0 aliphatic carbocycles. The van der Waals surface area contributed by atoms with Crippen LogP contribution in [0.15, 0.2) is 182 Å². The molecule has 0 amide bonds. The molecule has 0 atom stereocenters. The van der Waals surface area contributed by atoms with E-state index in [9.17, 15) is 0 Å². The van der Waals surface area contributed by atoms with E-state index in [2.05, 4.69) is 219 Å². The van der Waals surface area contributed by atoms with Gasteiger partial charge in [-0.15, -0.1) is 0 Å². The Kier molecular flexibility index (Phi) is 8.35. The molecule has 3 aromatic heterocycles. The van der Waals surface area contributed by atoms with Gasteiger partial charge in [-0.1, -0.05) is 139 Å². The molecule has 11 rings (SSSR count). The van der Waals surface area contributed by atoms with Gasteiger partial charge in [-0.05, 0) is 105 Å². The molecule has 8 aromatic carbocycles. The van der Waals surface area contributed by atoms with Crippen LogP contribution >= 0.6 is 0 Å². The Labute approximate surface area is 349 Å². The van der Waals surface area contributed by atoms with Gasteiger partial charge in [0.25, 0.3) is 0 Å². The highest BCUT2D eigenvalue weighted by Gasteiger charge is 2.19. The summed E-state index contributed by atoms with van der Waals surface area (Å²) >= 11 is 0. The molecule has 0 aliphatic rings. The number of aryl methyl sites for hydroxylation is 4. The van der Waals surface area contributed by atoms with Gasteiger partial charge >= 0.3 is 0 Å². The van der Waals surface area contributed by atoms with Crippen molar-refractivity contribution >= 4 is 43.6 Å². The lowest BCUT2D eigenvalue weighted by atomic mass is 9.95. The smallest absolute Gasteiger partial charge is 0.160 e. The molecule has 0 saturated heterocycles. The van der Waals surface area contributed by atoms with E-state index in [-0.39, 0.29) is 0 Å². The third-order valence-electron chi connectivity index (χ3n) is 12.2. The quantitative estimate of drug-likeness (QED) is 0.169. The third-order valence-corrected chi connectivity index (χ3v) is 12.2. The number of hydrogen-bond donors (Lipinski definition) is 0. The van der Waals surface area contributed by atoms with Crippen LogP contribution in [0, 0.1) is 27.7 Å². The normalized spacial score (nSPS) is 11.7. The maximum Gasteiger partial charge on any atom is 0.160 e. The summed E-state index contributed by atoms with van der Waals surface area (Å²) in [4.78, 5) is 10.1. The first-order valence-corrected chi connectivity index (χ1v) is 20.7. The molecule has 0 fully saturated rings. The maximum atomic E-state index is 5.10. The van der Waals surface area contributed by atoms with E-state index < -0.39 is 0 Å². The molecule has 4 heteroatoms. The Bertz CT molecular complexity index is 3320. The zero-order valence-electron chi connectivity index (χ0n) is 34.1. The fourth-order valence-corrected chi connectivity index (χ4v) is 9.03. The van der Waals surface area contributed by atoms with Crippen LogP contribution in [0.3, 0.4) is 0 Å². The van der Waals surface area contributed by atoms with Crippen molar-refractivity contribution in [3.63, 3.8) is 0 Å². The predicted molar refractivity (Wildman–Crippen MR) is 251 cm³/mol. The second-order valence-electron chi connectivity index (χ2n) is 16.1. The average molecular weight is 771 g/mol. The maximum absolute atomic E-state index is 5.10. The van der Waals surface area contributed by atoms with Crippen molar-refractivity contribution in [1.29, 1.82) is 0 Å². The minimum absolute atomic E-state index is 0.724. The van der Waals surface area contributed by atoms with Crippen LogP contribution in [0.25, 0.3) is 100 Å². The molecule has 0 bridgehead atoms. The highest BCUT2D eigenvalue weighted by atomic mass is 15.0. The summed E-state index contributed by atoms with van der Waals surface area (Å²) in [7, 11) is 0. The average Bonchev–Trinajstić information content (AvgIpc) is 3.80. The van der Waals surface area contributed by atoms with Crippen LogP contribution in [-0.2, 0) is 0 Å². The summed E-state index contributed by atoms with van der Waals surface area (Å²) in [6, 6.07) is 65.9. The number of nitrogens with zero attached hydrogens (tertiary/aromatic N) is 4. The van der Waals surface area contributed by atoms with Gasteiger partial charge in [-0.2, -0.15) is 0 Å². The number of rotatable bonds is 6. The fraction of sp³-hybridized carbons (Fsp3) is 0.0714. The molecule has 0 radical (unpaired) electrons. The molecule has 0 aliphatic heterocycles. The molecular weight excluding hydrogens is 729 g/mol. The van der Waals surface area contributed by atoms with Crippen LogP contribution in [0.4, 0.5) is 0 Å². The van der Waals surface area contributed by atoms with Gasteiger partial charge < -0.3 is 9.13 Å². The van der Waals surface area contributed by atoms with E-state index in [1.165, 1.54) is 82.7 Å². The van der Waals surface area contributed by atoms with E-state index >= 15 is 0 Å². The number of hydrogen-bond acceptors (Lipinski definition) is 2. The summed E-state index contributed by atoms with van der Waals surface area (Å²) in [6.07, 6.45) is 0. The summed E-state index contributed by atoms with van der Waals surface area (Å²) < 4.78 is 4.85. The zero-order valence-corrected chi connectivity index (χ0v) is 34.1. The molecule has 60 heavy (non-hydrogen) atoms. The first-order chi connectivity index (χ1) is 29.4. The lowest BCUT2D eigenvalue weighted by Gasteiger charge is -2.16. The molecule has 0 spiro atoms. The largest absolute Gasteiger partial charge is 0.309 e. The zero-order chi connectivity index (χ0) is 40.5. The van der Waals surface area contributed by atoms with Crippen LogP contribution in [-0.4, -0.2) is 19.1 Å². The number of para-hydroxylation sites is 3. The highest BCUT2D eigenvalue weighted by Crippen LogP contribution is 2.39. The Morgan fingerprint density at radius 1 is 0.350 bits per heavy atom. The van der Waals surface area contributed by atoms with Crippen molar-refractivity contribution in [3.05, 3.63) is 204 Å². The highest BCUT2D eigenvalue weighted by molar-refractivity contribution is 6.12. The van der Waals surface area contributed by atoms with Gasteiger partial charge in [0.1, 0.15) is 0 Å². The minimum Gasteiger partial charge on any atom is -0.309 e. The first-order valence-electron chi connectivity index (χ1n) is 20.7. The Morgan fingerprint density at radius 2 is 0.817 bits per heavy atom. The van der Waals surface area contributed by atoms with Gasteiger partial charge in [-0.3, -0.25) is 0 Å². The lowest BCUT2D eigenvalue weighted by Crippen LogP contribution is -2.00. The monoisotopic (exact) mass is 770 g/mol. The second-order valence-corrected chi connectivity index (χ2v) is 16.1. The van der Waals surface area contributed by atoms with Crippen LogP contribution in [0.1, 0.15) is 22.3 Å². The lowest BCUT2D eigenvalue weighted by molar-refractivity contribution is 1.14. The van der Waals surface area contributed by atoms with Crippen LogP contribution in [0.5, 0.6) is 0 Å². The Balaban J connectivity index is 0.982. The van der Waals surface area contributed by atoms with E-state index in [4.69, 9.17) is 9.97 Å². The standard InChI is InChI=1S/C56H42N4/c1-35-17-21-40(22-18-35)49-34-50(58-56(57-49)42-23-19-36(2)20-24-42)41-27-25-39(26-28-41)47-31-38(4)55(32-37(47)3)60-53-16-10-7-13-46(53)48-33-43(29-30-54(48)60)59-51-14-8-5-11-44(51)45-12-6-9-15-52(45)59/h5-34H,1-4H3. The molecule has 0 N–H and O–H groups in total. The van der Waals surface area contributed by atoms with E-state index in [1.54, 1.807) is 0 Å². The summed E-state index contributed by atoms with van der Waals surface area (Å²) in [5.74, 6) is 0.724. The van der Waals surface area contributed by atoms with E-state index in [1.807, 2.05) is 0 Å². The van der Waals surface area contributed by atoms with Gasteiger partial charge in [0.2, 0.25) is 0 Å². The Morgan fingerprint density at radius 3 is 1.40 bits per heavy atom. The molecule has 4 nitrogen and oxygen atoms in total. The number of benzene rings is 8.